The number of carbonyl (C=O) groups excluding carboxylic acids is 1. The first-order valence-corrected chi connectivity index (χ1v) is 14.7. The first kappa shape index (κ1) is 25.7. The third-order valence-corrected chi connectivity index (χ3v) is 8.97. The second-order valence-electron chi connectivity index (χ2n) is 10.5. The largest absolute Gasteiger partial charge is 0.307 e. The molecule has 2 aromatic carbocycles. The van der Waals surface area contributed by atoms with Gasteiger partial charge in [-0.15, -0.1) is 0 Å². The smallest absolute Gasteiger partial charge is 0.262 e. The van der Waals surface area contributed by atoms with Gasteiger partial charge in [-0.25, -0.2) is 24.2 Å². The zero-order chi connectivity index (χ0) is 27.8. The fourth-order valence-electron chi connectivity index (χ4n) is 5.58. The number of nitrogens with zero attached hydrogens (tertiary/aromatic N) is 5. The number of para-hydroxylation sites is 1. The molecule has 7 rings (SSSR count). The normalized spacial score (nSPS) is 18.2. The molecular formula is C31H31N8OS+. The number of anilines is 1. The van der Waals surface area contributed by atoms with Gasteiger partial charge in [-0.1, -0.05) is 23.8 Å². The number of H-pyrrole nitrogens is 1. The number of hydrazine groups is 1. The summed E-state index contributed by atoms with van der Waals surface area (Å²) < 4.78 is 4.07. The SMILES string of the molecule is Cc1ccc(N2NC(C3CCN(Sc4cccc5ccc[nH+]c45)CC3)C=C2NC(=O)c2cnn3cccnc23)cc1. The summed E-state index contributed by atoms with van der Waals surface area (Å²) in [6.07, 6.45) is 11.3. The summed E-state index contributed by atoms with van der Waals surface area (Å²) in [6, 6.07) is 20.8. The average molecular weight is 564 g/mol. The number of rotatable bonds is 6. The molecule has 1 amide bonds. The van der Waals surface area contributed by atoms with Gasteiger partial charge in [0.1, 0.15) is 11.4 Å². The lowest BCUT2D eigenvalue weighted by Gasteiger charge is -2.34. The van der Waals surface area contributed by atoms with E-state index in [4.69, 9.17) is 0 Å². The van der Waals surface area contributed by atoms with E-state index in [1.165, 1.54) is 21.4 Å². The molecule has 1 atom stereocenters. The Morgan fingerprint density at radius 1 is 1.07 bits per heavy atom. The van der Waals surface area contributed by atoms with Crippen molar-refractivity contribution >= 4 is 40.1 Å². The number of aromatic nitrogens is 4. The lowest BCUT2D eigenvalue weighted by molar-refractivity contribution is -0.346. The van der Waals surface area contributed by atoms with Crippen LogP contribution in [0.15, 0.2) is 102 Å². The van der Waals surface area contributed by atoms with Crippen molar-refractivity contribution in [1.29, 1.82) is 0 Å². The molecule has 10 heteroatoms. The minimum Gasteiger partial charge on any atom is -0.307 e. The highest BCUT2D eigenvalue weighted by Crippen LogP contribution is 2.34. The van der Waals surface area contributed by atoms with Crippen LogP contribution in [0, 0.1) is 12.8 Å². The highest BCUT2D eigenvalue weighted by molar-refractivity contribution is 7.97. The van der Waals surface area contributed by atoms with Crippen molar-refractivity contribution in [2.24, 2.45) is 5.92 Å². The van der Waals surface area contributed by atoms with Crippen LogP contribution < -0.4 is 20.7 Å². The van der Waals surface area contributed by atoms with E-state index in [1.54, 1.807) is 29.2 Å². The van der Waals surface area contributed by atoms with Gasteiger partial charge in [0.05, 0.1) is 22.8 Å². The zero-order valence-electron chi connectivity index (χ0n) is 22.7. The summed E-state index contributed by atoms with van der Waals surface area (Å²) in [5, 5.41) is 10.6. The Morgan fingerprint density at radius 3 is 2.76 bits per heavy atom. The van der Waals surface area contributed by atoms with Crippen LogP contribution in [0.5, 0.6) is 0 Å². The maximum Gasteiger partial charge on any atom is 0.262 e. The molecule has 2 aliphatic rings. The number of pyridine rings is 1. The minimum atomic E-state index is -0.234. The van der Waals surface area contributed by atoms with Crippen molar-refractivity contribution in [1.82, 2.24) is 29.6 Å². The Balaban J connectivity index is 1.07. The molecule has 0 bridgehead atoms. The van der Waals surface area contributed by atoms with Crippen LogP contribution in [0.2, 0.25) is 0 Å². The first-order chi connectivity index (χ1) is 20.1. The van der Waals surface area contributed by atoms with Gasteiger partial charge in [-0.05, 0) is 80.1 Å². The second kappa shape index (κ2) is 11.0. The Bertz CT molecular complexity index is 1740. The monoisotopic (exact) mass is 563 g/mol. The summed E-state index contributed by atoms with van der Waals surface area (Å²) >= 11 is 1.83. The van der Waals surface area contributed by atoms with Crippen molar-refractivity contribution < 1.29 is 9.78 Å². The number of nitrogens with one attached hydrogen (secondary N) is 3. The van der Waals surface area contributed by atoms with Crippen LogP contribution in [0.4, 0.5) is 5.69 Å². The van der Waals surface area contributed by atoms with Crippen LogP contribution in [0.1, 0.15) is 28.8 Å². The number of fused-ring (bicyclic) bond motifs is 2. The fourth-order valence-corrected chi connectivity index (χ4v) is 6.66. The Labute approximate surface area is 242 Å². The second-order valence-corrected chi connectivity index (χ2v) is 11.7. The van der Waals surface area contributed by atoms with E-state index in [0.717, 1.165) is 37.4 Å². The van der Waals surface area contributed by atoms with Gasteiger partial charge in [-0.3, -0.25) is 9.80 Å². The predicted octanol–water partition coefficient (Wildman–Crippen LogP) is 4.39. The Hall–Kier alpha value is -4.25. The molecule has 0 radical (unpaired) electrons. The van der Waals surface area contributed by atoms with Crippen molar-refractivity contribution in [2.45, 2.75) is 30.7 Å². The molecule has 41 heavy (non-hydrogen) atoms. The fraction of sp³-hybridized carbons (Fsp3) is 0.226. The van der Waals surface area contributed by atoms with Crippen molar-refractivity contribution in [3.63, 3.8) is 0 Å². The number of aromatic amines is 1. The van der Waals surface area contributed by atoms with Gasteiger partial charge in [-0.2, -0.15) is 5.10 Å². The Morgan fingerprint density at radius 2 is 1.90 bits per heavy atom. The van der Waals surface area contributed by atoms with Crippen LogP contribution in [-0.2, 0) is 0 Å². The standard InChI is InChI=1S/C31H30N8OS/c1-21-8-10-24(11-9-21)39-28(35-31(40)25-20-34-38-16-4-15-33-30(25)38)19-26(36-39)22-12-17-37(18-13-22)41-27-7-2-5-23-6-3-14-32-29(23)27/h2-11,14-16,19-20,22,26,36H,12-13,17-18H2,1H3,(H,35,40)/p+1. The molecular weight excluding hydrogens is 532 g/mol. The van der Waals surface area contributed by atoms with Gasteiger partial charge in [0.15, 0.2) is 11.8 Å². The summed E-state index contributed by atoms with van der Waals surface area (Å²) in [5.41, 5.74) is 7.99. The summed E-state index contributed by atoms with van der Waals surface area (Å²) in [6.45, 7) is 4.05. The van der Waals surface area contributed by atoms with E-state index in [-0.39, 0.29) is 11.9 Å². The summed E-state index contributed by atoms with van der Waals surface area (Å²) in [5.74, 6) is 0.928. The van der Waals surface area contributed by atoms with Crippen LogP contribution in [-0.4, -0.2) is 43.9 Å². The molecule has 9 nitrogen and oxygen atoms in total. The van der Waals surface area contributed by atoms with Gasteiger partial charge >= 0.3 is 0 Å². The highest BCUT2D eigenvalue weighted by Gasteiger charge is 2.34. The molecule has 0 spiro atoms. The van der Waals surface area contributed by atoms with Crippen molar-refractivity contribution in [3.05, 3.63) is 108 Å². The summed E-state index contributed by atoms with van der Waals surface area (Å²) in [4.78, 5) is 22.4. The third-order valence-electron chi connectivity index (χ3n) is 7.81. The molecule has 0 saturated carbocycles. The molecule has 1 saturated heterocycles. The quantitative estimate of drug-likeness (QED) is 0.296. The lowest BCUT2D eigenvalue weighted by atomic mass is 9.91. The molecule has 3 N–H and O–H groups in total. The summed E-state index contributed by atoms with van der Waals surface area (Å²) in [7, 11) is 0. The van der Waals surface area contributed by atoms with Gasteiger partial charge < -0.3 is 5.32 Å². The van der Waals surface area contributed by atoms with Crippen LogP contribution in [0.25, 0.3) is 16.6 Å². The Kier molecular flexibility index (Phi) is 6.87. The molecule has 5 aromatic rings. The number of piperidine rings is 1. The number of aryl methyl sites for hydroxylation is 1. The minimum absolute atomic E-state index is 0.103. The number of hydrogen-bond donors (Lipinski definition) is 2. The molecule has 2 aliphatic heterocycles. The van der Waals surface area contributed by atoms with Gasteiger partial charge in [0.2, 0.25) is 5.52 Å². The number of benzene rings is 2. The molecule has 206 valence electrons. The molecule has 1 fully saturated rings. The van der Waals surface area contributed by atoms with Crippen LogP contribution in [0.3, 0.4) is 0 Å². The van der Waals surface area contributed by atoms with E-state index in [2.05, 4.69) is 91.6 Å². The molecule has 5 heterocycles. The van der Waals surface area contributed by atoms with E-state index in [1.807, 2.05) is 29.2 Å². The maximum atomic E-state index is 13.4. The topological polar surface area (TPSA) is 91.9 Å². The predicted molar refractivity (Wildman–Crippen MR) is 160 cm³/mol. The van der Waals surface area contributed by atoms with E-state index in [0.29, 0.717) is 17.1 Å². The van der Waals surface area contributed by atoms with Crippen LogP contribution >= 0.6 is 11.9 Å². The van der Waals surface area contributed by atoms with Crippen molar-refractivity contribution in [3.8, 4) is 0 Å². The lowest BCUT2D eigenvalue weighted by Crippen LogP contribution is -2.45. The molecule has 3 aromatic heterocycles. The number of hydrogen-bond acceptors (Lipinski definition) is 7. The van der Waals surface area contributed by atoms with E-state index < -0.39 is 0 Å². The van der Waals surface area contributed by atoms with E-state index in [9.17, 15) is 4.79 Å². The van der Waals surface area contributed by atoms with Gasteiger partial charge in [0, 0.05) is 36.9 Å². The molecule has 0 aliphatic carbocycles. The molecule has 1 unspecified atom stereocenters. The van der Waals surface area contributed by atoms with Crippen molar-refractivity contribution in [2.75, 3.05) is 18.1 Å². The first-order valence-electron chi connectivity index (χ1n) is 13.9. The number of carbonyl (C=O) groups is 1. The third kappa shape index (κ3) is 5.17. The van der Waals surface area contributed by atoms with Gasteiger partial charge in [0.25, 0.3) is 5.91 Å². The highest BCUT2D eigenvalue weighted by atomic mass is 32.2. The van der Waals surface area contributed by atoms with E-state index >= 15 is 0 Å². The number of amides is 1. The zero-order valence-corrected chi connectivity index (χ0v) is 23.5. The average Bonchev–Trinajstić information content (AvgIpc) is 3.63. The maximum absolute atomic E-state index is 13.4.